The topological polar surface area (TPSA) is 33.5 Å². The van der Waals surface area contributed by atoms with Gasteiger partial charge in [0.25, 0.3) is 5.91 Å². The summed E-state index contributed by atoms with van der Waals surface area (Å²) in [6.07, 6.45) is 7.89. The molecule has 0 radical (unpaired) electrons. The number of hydrogen-bond acceptors (Lipinski definition) is 1. The third-order valence-corrected chi connectivity index (χ3v) is 7.45. The number of nitrogens with one attached hydrogen (secondary N) is 2. The van der Waals surface area contributed by atoms with Gasteiger partial charge in [-0.05, 0) is 56.3 Å². The third kappa shape index (κ3) is 4.40. The maximum Gasteiger partial charge on any atom is 0.275 e. The molecule has 2 aromatic carbocycles. The first-order valence-corrected chi connectivity index (χ1v) is 11.4. The second-order valence-corrected chi connectivity index (χ2v) is 10.00. The molecule has 4 aliphatic rings. The molecule has 0 heterocycles. The van der Waals surface area contributed by atoms with Crippen LogP contribution in [0.5, 0.6) is 0 Å². The van der Waals surface area contributed by atoms with Crippen LogP contribution in [0.2, 0.25) is 0 Å². The van der Waals surface area contributed by atoms with Gasteiger partial charge in [0.05, 0.1) is 0 Å². The second kappa shape index (κ2) is 7.95. The highest BCUT2D eigenvalue weighted by atomic mass is 16.2. The number of hydrogen-bond donors (Lipinski definition) is 2. The summed E-state index contributed by atoms with van der Waals surface area (Å²) in [4.78, 5) is 14.5. The van der Waals surface area contributed by atoms with E-state index >= 15 is 0 Å². The first-order valence-electron chi connectivity index (χ1n) is 11.4. The van der Waals surface area contributed by atoms with Crippen LogP contribution in [0, 0.1) is 17.8 Å². The molecule has 0 aliphatic heterocycles. The summed E-state index contributed by atoms with van der Waals surface area (Å²) in [5, 5.41) is 3.57. The number of carbonyl (C=O) groups is 1. The van der Waals surface area contributed by atoms with Gasteiger partial charge in [-0.1, -0.05) is 60.7 Å². The average Bonchev–Trinajstić information content (AvgIpc) is 2.68. The van der Waals surface area contributed by atoms with Crippen LogP contribution in [0.1, 0.15) is 49.7 Å². The maximum atomic E-state index is 13.2. The molecule has 4 fully saturated rings. The number of rotatable bonds is 7. The van der Waals surface area contributed by atoms with E-state index in [1.165, 1.54) is 54.6 Å². The normalized spacial score (nSPS) is 29.9. The van der Waals surface area contributed by atoms with E-state index in [2.05, 4.69) is 66.0 Å². The molecule has 1 amide bonds. The Morgan fingerprint density at radius 3 is 1.69 bits per heavy atom. The van der Waals surface area contributed by atoms with E-state index in [0.29, 0.717) is 6.54 Å². The van der Waals surface area contributed by atoms with Gasteiger partial charge in [0, 0.05) is 16.7 Å². The predicted molar refractivity (Wildman–Crippen MR) is 115 cm³/mol. The van der Waals surface area contributed by atoms with E-state index in [-0.39, 0.29) is 11.4 Å². The van der Waals surface area contributed by atoms with Crippen LogP contribution in [-0.2, 0) is 17.9 Å². The highest BCUT2D eigenvalue weighted by Gasteiger charge is 2.51. The van der Waals surface area contributed by atoms with Gasteiger partial charge in [0.1, 0.15) is 13.1 Å². The molecule has 29 heavy (non-hydrogen) atoms. The number of carbonyl (C=O) groups excluding carboxylic acids is 1. The zero-order chi connectivity index (χ0) is 19.7. The van der Waals surface area contributed by atoms with E-state index < -0.39 is 0 Å². The maximum absolute atomic E-state index is 13.2. The van der Waals surface area contributed by atoms with Gasteiger partial charge in [-0.3, -0.25) is 4.79 Å². The minimum atomic E-state index is 0.108. The van der Waals surface area contributed by atoms with Gasteiger partial charge in [0.2, 0.25) is 0 Å². The number of quaternary nitrogens is 1. The van der Waals surface area contributed by atoms with Crippen molar-refractivity contribution in [3.63, 3.8) is 0 Å². The van der Waals surface area contributed by atoms with E-state index in [1.807, 2.05) is 0 Å². The van der Waals surface area contributed by atoms with Crippen molar-refractivity contribution in [1.29, 1.82) is 0 Å². The lowest BCUT2D eigenvalue weighted by atomic mass is 9.53. The minimum absolute atomic E-state index is 0.108. The quantitative estimate of drug-likeness (QED) is 0.748. The lowest BCUT2D eigenvalue weighted by molar-refractivity contribution is -0.919. The van der Waals surface area contributed by atoms with E-state index in [9.17, 15) is 4.79 Å². The Kier molecular flexibility index (Phi) is 5.17. The van der Waals surface area contributed by atoms with Crippen molar-refractivity contribution in [2.45, 2.75) is 57.2 Å². The van der Waals surface area contributed by atoms with Crippen LogP contribution in [0.3, 0.4) is 0 Å². The molecule has 2 N–H and O–H groups in total. The predicted octanol–water partition coefficient (Wildman–Crippen LogP) is 3.36. The Labute approximate surface area is 174 Å². The molecular weight excluding hydrogens is 356 g/mol. The molecule has 6 rings (SSSR count). The van der Waals surface area contributed by atoms with Crippen LogP contribution < -0.4 is 10.2 Å². The molecule has 4 aliphatic carbocycles. The standard InChI is InChI=1S/C26H32N2O/c29-25(27-26-14-22-11-23(15-26)13-24(12-22)16-26)19-28(17-20-7-3-1-4-8-20)18-21-9-5-2-6-10-21/h1-10,22-24H,11-19H2,(H,27,29)/p+1. The van der Waals surface area contributed by atoms with Crippen molar-refractivity contribution in [2.75, 3.05) is 6.54 Å². The average molecular weight is 390 g/mol. The van der Waals surface area contributed by atoms with Crippen molar-refractivity contribution in [1.82, 2.24) is 5.32 Å². The monoisotopic (exact) mass is 389 g/mol. The fraction of sp³-hybridized carbons (Fsp3) is 0.500. The SMILES string of the molecule is O=C(C[NH+](Cc1ccccc1)Cc1ccccc1)NC12CC3CC(CC(C3)C1)C2. The molecule has 0 atom stereocenters. The summed E-state index contributed by atoms with van der Waals surface area (Å²) in [5.41, 5.74) is 2.69. The van der Waals surface area contributed by atoms with Gasteiger partial charge in [-0.2, -0.15) is 0 Å². The van der Waals surface area contributed by atoms with Crippen molar-refractivity contribution < 1.29 is 9.69 Å². The Hall–Kier alpha value is -2.13. The summed E-state index contributed by atoms with van der Waals surface area (Å²) in [5.74, 6) is 2.82. The lowest BCUT2D eigenvalue weighted by Gasteiger charge is -2.56. The van der Waals surface area contributed by atoms with Gasteiger partial charge in [-0.25, -0.2) is 0 Å². The van der Waals surface area contributed by atoms with Crippen molar-refractivity contribution in [3.8, 4) is 0 Å². The minimum Gasteiger partial charge on any atom is -0.346 e. The van der Waals surface area contributed by atoms with E-state index in [4.69, 9.17) is 0 Å². The number of amides is 1. The van der Waals surface area contributed by atoms with Crippen LogP contribution in [0.15, 0.2) is 60.7 Å². The molecule has 4 bridgehead atoms. The zero-order valence-electron chi connectivity index (χ0n) is 17.3. The Morgan fingerprint density at radius 1 is 0.793 bits per heavy atom. The number of benzene rings is 2. The molecule has 0 spiro atoms. The Morgan fingerprint density at radius 2 is 1.24 bits per heavy atom. The summed E-state index contributed by atoms with van der Waals surface area (Å²) in [6, 6.07) is 21.1. The summed E-state index contributed by atoms with van der Waals surface area (Å²) in [7, 11) is 0. The Balaban J connectivity index is 1.27. The highest BCUT2D eigenvalue weighted by molar-refractivity contribution is 5.77. The third-order valence-electron chi connectivity index (χ3n) is 7.45. The van der Waals surface area contributed by atoms with Gasteiger partial charge < -0.3 is 10.2 Å². The summed E-state index contributed by atoms with van der Waals surface area (Å²) in [6.45, 7) is 2.31. The molecule has 0 aromatic heterocycles. The van der Waals surface area contributed by atoms with Crippen LogP contribution in [-0.4, -0.2) is 18.0 Å². The van der Waals surface area contributed by atoms with Gasteiger partial charge in [-0.15, -0.1) is 0 Å². The largest absolute Gasteiger partial charge is 0.346 e. The first-order chi connectivity index (χ1) is 14.2. The fourth-order valence-corrected chi connectivity index (χ4v) is 6.79. The summed E-state index contributed by atoms with van der Waals surface area (Å²) >= 11 is 0. The summed E-state index contributed by atoms with van der Waals surface area (Å²) < 4.78 is 0. The molecule has 0 saturated heterocycles. The highest BCUT2D eigenvalue weighted by Crippen LogP contribution is 2.55. The van der Waals surface area contributed by atoms with Crippen molar-refractivity contribution in [2.24, 2.45) is 17.8 Å². The van der Waals surface area contributed by atoms with Gasteiger partial charge in [0.15, 0.2) is 6.54 Å². The smallest absolute Gasteiger partial charge is 0.275 e. The van der Waals surface area contributed by atoms with Crippen LogP contribution in [0.25, 0.3) is 0 Å². The fourth-order valence-electron chi connectivity index (χ4n) is 6.79. The Bertz CT molecular complexity index is 756. The molecular formula is C26H33N2O+. The lowest BCUT2D eigenvalue weighted by Crippen LogP contribution is -3.10. The van der Waals surface area contributed by atoms with Crippen molar-refractivity contribution in [3.05, 3.63) is 71.8 Å². The molecule has 0 unspecified atom stereocenters. The van der Waals surface area contributed by atoms with Crippen LogP contribution >= 0.6 is 0 Å². The molecule has 4 saturated carbocycles. The van der Waals surface area contributed by atoms with Crippen LogP contribution in [0.4, 0.5) is 0 Å². The van der Waals surface area contributed by atoms with Crippen molar-refractivity contribution >= 4 is 5.91 Å². The molecule has 2 aromatic rings. The van der Waals surface area contributed by atoms with E-state index in [1.54, 1.807) is 0 Å². The van der Waals surface area contributed by atoms with E-state index in [0.717, 1.165) is 30.8 Å². The van der Waals surface area contributed by atoms with Gasteiger partial charge >= 0.3 is 0 Å². The molecule has 3 heteroatoms. The molecule has 3 nitrogen and oxygen atoms in total. The first kappa shape index (κ1) is 18.9. The molecule has 152 valence electrons. The second-order valence-electron chi connectivity index (χ2n) is 10.00. The zero-order valence-corrected chi connectivity index (χ0v) is 17.3.